The van der Waals surface area contributed by atoms with Gasteiger partial charge in [-0.05, 0) is 80.3 Å². The minimum Gasteiger partial charge on any atom is -0.508 e. The van der Waals surface area contributed by atoms with Crippen molar-refractivity contribution in [3.05, 3.63) is 57.6 Å². The first-order valence-corrected chi connectivity index (χ1v) is 11.1. The third-order valence-corrected chi connectivity index (χ3v) is 5.90. The molecule has 2 nitrogen and oxygen atoms in total. The summed E-state index contributed by atoms with van der Waals surface area (Å²) in [4.78, 5) is 0. The Bertz CT molecular complexity index is 713. The molecule has 0 bridgehead atoms. The smallest absolute Gasteiger partial charge is 0.119 e. The Kier molecular flexibility index (Phi) is 8.41. The van der Waals surface area contributed by atoms with E-state index in [1.54, 1.807) is 0 Å². The van der Waals surface area contributed by atoms with Gasteiger partial charge in [-0.25, -0.2) is 0 Å². The minimum absolute atomic E-state index is 0.0203. The van der Waals surface area contributed by atoms with Crippen LogP contribution in [-0.2, 0) is 12.8 Å². The first-order valence-electron chi connectivity index (χ1n) is 11.1. The van der Waals surface area contributed by atoms with E-state index in [-0.39, 0.29) is 5.92 Å². The average Bonchev–Trinajstić information content (AvgIpc) is 2.65. The Morgan fingerprint density at radius 2 is 1.11 bits per heavy atom. The molecule has 28 heavy (non-hydrogen) atoms. The maximum Gasteiger partial charge on any atom is 0.119 e. The first kappa shape index (κ1) is 22.3. The predicted octanol–water partition coefficient (Wildman–Crippen LogP) is 7.33. The van der Waals surface area contributed by atoms with Gasteiger partial charge in [0.1, 0.15) is 11.5 Å². The summed E-state index contributed by atoms with van der Waals surface area (Å²) >= 11 is 0. The lowest BCUT2D eigenvalue weighted by atomic mass is 9.83. The molecular weight excluding hydrogens is 344 g/mol. The van der Waals surface area contributed by atoms with Crippen molar-refractivity contribution < 1.29 is 10.2 Å². The number of phenolic OH excluding ortho intramolecular Hbond substituents is 2. The Hall–Kier alpha value is -1.96. The summed E-state index contributed by atoms with van der Waals surface area (Å²) in [6, 6.07) is 8.19. The molecule has 0 heterocycles. The van der Waals surface area contributed by atoms with Gasteiger partial charge in [0.25, 0.3) is 0 Å². The molecule has 0 fully saturated rings. The standard InChI is InChI=1S/C26H38O2/c1-6-9-12-20-16-23(25(27)14-18(20)4)22(11-8-3)24-17-21(13-10-7-2)19(5)15-26(24)28/h14-17,22,27-28H,6-13H2,1-5H3. The van der Waals surface area contributed by atoms with Gasteiger partial charge < -0.3 is 10.2 Å². The van der Waals surface area contributed by atoms with Crippen molar-refractivity contribution in [1.29, 1.82) is 0 Å². The van der Waals surface area contributed by atoms with Crippen molar-refractivity contribution in [2.24, 2.45) is 0 Å². The van der Waals surface area contributed by atoms with Crippen LogP contribution >= 0.6 is 0 Å². The lowest BCUT2D eigenvalue weighted by Gasteiger charge is -2.23. The molecule has 0 aliphatic carbocycles. The second-order valence-corrected chi connectivity index (χ2v) is 8.22. The van der Waals surface area contributed by atoms with Crippen LogP contribution in [0, 0.1) is 13.8 Å². The largest absolute Gasteiger partial charge is 0.508 e. The van der Waals surface area contributed by atoms with Crippen molar-refractivity contribution in [1.82, 2.24) is 0 Å². The van der Waals surface area contributed by atoms with Gasteiger partial charge in [0.15, 0.2) is 0 Å². The third kappa shape index (κ3) is 5.31. The SMILES string of the molecule is CCCCc1cc(C(CCC)c2cc(CCCC)c(C)cc2O)c(O)cc1C. The highest BCUT2D eigenvalue weighted by Crippen LogP contribution is 2.41. The van der Waals surface area contributed by atoms with E-state index in [0.29, 0.717) is 11.5 Å². The maximum absolute atomic E-state index is 10.8. The zero-order valence-electron chi connectivity index (χ0n) is 18.4. The van der Waals surface area contributed by atoms with Gasteiger partial charge in [-0.2, -0.15) is 0 Å². The molecule has 2 rings (SSSR count). The number of hydrogen-bond donors (Lipinski definition) is 2. The van der Waals surface area contributed by atoms with Crippen molar-refractivity contribution >= 4 is 0 Å². The molecule has 0 spiro atoms. The molecule has 0 unspecified atom stereocenters. The molecule has 0 aliphatic heterocycles. The fourth-order valence-corrected chi connectivity index (χ4v) is 4.11. The van der Waals surface area contributed by atoms with Crippen molar-refractivity contribution in [3.63, 3.8) is 0 Å². The van der Waals surface area contributed by atoms with Crippen LogP contribution in [0.25, 0.3) is 0 Å². The zero-order chi connectivity index (χ0) is 20.7. The number of benzene rings is 2. The molecule has 0 saturated heterocycles. The van der Waals surface area contributed by atoms with E-state index in [1.165, 1.54) is 11.1 Å². The zero-order valence-corrected chi connectivity index (χ0v) is 18.4. The van der Waals surface area contributed by atoms with Gasteiger partial charge in [0.05, 0.1) is 0 Å². The van der Waals surface area contributed by atoms with E-state index in [9.17, 15) is 10.2 Å². The van der Waals surface area contributed by atoms with Gasteiger partial charge >= 0.3 is 0 Å². The molecule has 0 saturated carbocycles. The number of phenols is 2. The predicted molar refractivity (Wildman–Crippen MR) is 120 cm³/mol. The summed E-state index contributed by atoms with van der Waals surface area (Å²) in [5.74, 6) is 0.726. The number of aromatic hydroxyl groups is 2. The van der Waals surface area contributed by atoms with Crippen molar-refractivity contribution in [3.8, 4) is 11.5 Å². The highest BCUT2D eigenvalue weighted by Gasteiger charge is 2.22. The number of hydrogen-bond acceptors (Lipinski definition) is 2. The van der Waals surface area contributed by atoms with Gasteiger partial charge in [0.2, 0.25) is 0 Å². The van der Waals surface area contributed by atoms with Crippen molar-refractivity contribution in [2.75, 3.05) is 0 Å². The normalized spacial score (nSPS) is 11.4. The third-order valence-electron chi connectivity index (χ3n) is 5.90. The molecule has 0 aliphatic rings. The maximum atomic E-state index is 10.8. The van der Waals surface area contributed by atoms with Gasteiger partial charge in [-0.1, -0.05) is 52.2 Å². The number of unbranched alkanes of at least 4 members (excludes halogenated alkanes) is 2. The average molecular weight is 383 g/mol. The van der Waals surface area contributed by atoms with Gasteiger partial charge in [-0.15, -0.1) is 0 Å². The van der Waals surface area contributed by atoms with Crippen LogP contribution in [0.4, 0.5) is 0 Å². The Labute approximate surface area is 171 Å². The fraction of sp³-hybridized carbons (Fsp3) is 0.538. The minimum atomic E-state index is 0.0203. The molecule has 2 N–H and O–H groups in total. The lowest BCUT2D eigenvalue weighted by molar-refractivity contribution is 0.449. The number of rotatable bonds is 10. The number of aryl methyl sites for hydroxylation is 4. The second kappa shape index (κ2) is 10.5. The Morgan fingerprint density at radius 1 is 0.679 bits per heavy atom. The molecule has 0 amide bonds. The topological polar surface area (TPSA) is 40.5 Å². The summed E-state index contributed by atoms with van der Waals surface area (Å²) in [5, 5.41) is 21.5. The summed E-state index contributed by atoms with van der Waals surface area (Å²) in [6.07, 6.45) is 8.61. The molecule has 0 atom stereocenters. The second-order valence-electron chi connectivity index (χ2n) is 8.22. The monoisotopic (exact) mass is 382 g/mol. The van der Waals surface area contributed by atoms with Crippen LogP contribution in [0.5, 0.6) is 11.5 Å². The van der Waals surface area contributed by atoms with Crippen LogP contribution in [0.1, 0.15) is 98.6 Å². The molecule has 2 heteroatoms. The van der Waals surface area contributed by atoms with Crippen LogP contribution in [0.2, 0.25) is 0 Å². The molecule has 2 aromatic carbocycles. The summed E-state index contributed by atoms with van der Waals surface area (Å²) in [5.41, 5.74) is 6.85. The summed E-state index contributed by atoms with van der Waals surface area (Å²) in [6.45, 7) is 10.7. The van der Waals surface area contributed by atoms with E-state index in [4.69, 9.17) is 0 Å². The van der Waals surface area contributed by atoms with E-state index in [1.807, 2.05) is 12.1 Å². The Balaban J connectivity index is 2.53. The first-order chi connectivity index (χ1) is 13.4. The quantitative estimate of drug-likeness (QED) is 0.451. The van der Waals surface area contributed by atoms with Crippen LogP contribution in [-0.4, -0.2) is 10.2 Å². The van der Waals surface area contributed by atoms with Gasteiger partial charge in [0, 0.05) is 17.0 Å². The van der Waals surface area contributed by atoms with E-state index in [2.05, 4.69) is 46.8 Å². The molecule has 2 aromatic rings. The highest BCUT2D eigenvalue weighted by molar-refractivity contribution is 5.52. The molecule has 0 aromatic heterocycles. The van der Waals surface area contributed by atoms with Gasteiger partial charge in [-0.3, -0.25) is 0 Å². The van der Waals surface area contributed by atoms with E-state index >= 15 is 0 Å². The fourth-order valence-electron chi connectivity index (χ4n) is 4.11. The summed E-state index contributed by atoms with van der Waals surface area (Å²) < 4.78 is 0. The van der Waals surface area contributed by atoms with Crippen LogP contribution in [0.3, 0.4) is 0 Å². The van der Waals surface area contributed by atoms with Crippen LogP contribution < -0.4 is 0 Å². The molecule has 0 radical (unpaired) electrons. The summed E-state index contributed by atoms with van der Waals surface area (Å²) in [7, 11) is 0. The molecular formula is C26H38O2. The Morgan fingerprint density at radius 3 is 1.46 bits per heavy atom. The molecule has 154 valence electrons. The van der Waals surface area contributed by atoms with E-state index in [0.717, 1.165) is 73.6 Å². The lowest BCUT2D eigenvalue weighted by Crippen LogP contribution is -2.06. The van der Waals surface area contributed by atoms with E-state index < -0.39 is 0 Å². The van der Waals surface area contributed by atoms with Crippen molar-refractivity contribution in [2.45, 2.75) is 91.9 Å². The van der Waals surface area contributed by atoms with Crippen LogP contribution in [0.15, 0.2) is 24.3 Å². The highest BCUT2D eigenvalue weighted by atomic mass is 16.3.